The minimum Gasteiger partial charge on any atom is -0.322 e. The van der Waals surface area contributed by atoms with Crippen LogP contribution in [0.25, 0.3) is 0 Å². The molecule has 0 aromatic carbocycles. The Morgan fingerprint density at radius 1 is 1.43 bits per heavy atom. The van der Waals surface area contributed by atoms with Crippen molar-refractivity contribution in [2.75, 3.05) is 16.9 Å². The second-order valence-electron chi connectivity index (χ2n) is 7.41. The third-order valence-corrected chi connectivity index (χ3v) is 4.60. The maximum absolute atomic E-state index is 12.5. The van der Waals surface area contributed by atoms with Gasteiger partial charge in [-0.25, -0.2) is 0 Å². The van der Waals surface area contributed by atoms with Crippen molar-refractivity contribution in [2.24, 2.45) is 5.41 Å². The van der Waals surface area contributed by atoms with Crippen LogP contribution in [-0.4, -0.2) is 44.2 Å². The van der Waals surface area contributed by atoms with Gasteiger partial charge < -0.3 is 10.2 Å². The summed E-state index contributed by atoms with van der Waals surface area (Å²) >= 11 is 1.62. The molecule has 1 aromatic rings. The summed E-state index contributed by atoms with van der Waals surface area (Å²) in [6, 6.07) is -0.162. The van der Waals surface area contributed by atoms with Crippen LogP contribution in [0.15, 0.2) is 12.4 Å². The molecule has 2 rings (SSSR count). The quantitative estimate of drug-likeness (QED) is 0.916. The van der Waals surface area contributed by atoms with Gasteiger partial charge in [-0.3, -0.25) is 14.3 Å². The standard InChI is InChI=1S/C16H26N4O2S/c1-11(2)20-8-12(7-17-20)18-15(22)13-9-23-10-19(13)14(21)6-16(3,4)5/h7-8,11,13H,6,9-10H2,1-5H3,(H,18,22)/t13-/m0/s1. The summed E-state index contributed by atoms with van der Waals surface area (Å²) in [5.41, 5.74) is 0.591. The summed E-state index contributed by atoms with van der Waals surface area (Å²) < 4.78 is 1.79. The van der Waals surface area contributed by atoms with Crippen molar-refractivity contribution in [3.63, 3.8) is 0 Å². The fourth-order valence-corrected chi connectivity index (χ4v) is 3.55. The Balaban J connectivity index is 2.01. The number of nitrogens with zero attached hydrogens (tertiary/aromatic N) is 3. The van der Waals surface area contributed by atoms with E-state index in [1.54, 1.807) is 27.5 Å². The highest BCUT2D eigenvalue weighted by Gasteiger charge is 2.35. The minimum absolute atomic E-state index is 0.0422. The molecule has 1 aliphatic heterocycles. The van der Waals surface area contributed by atoms with Crippen LogP contribution >= 0.6 is 11.8 Å². The maximum Gasteiger partial charge on any atom is 0.248 e. The molecular weight excluding hydrogens is 312 g/mol. The summed E-state index contributed by atoms with van der Waals surface area (Å²) in [6.07, 6.45) is 3.90. The molecule has 0 saturated carbocycles. The number of carbonyl (C=O) groups excluding carboxylic acids is 2. The lowest BCUT2D eigenvalue weighted by atomic mass is 9.91. The van der Waals surface area contributed by atoms with Gasteiger partial charge in [0.2, 0.25) is 11.8 Å². The molecule has 0 spiro atoms. The van der Waals surface area contributed by atoms with Crippen molar-refractivity contribution in [2.45, 2.75) is 53.1 Å². The van der Waals surface area contributed by atoms with Crippen LogP contribution in [0.4, 0.5) is 5.69 Å². The van der Waals surface area contributed by atoms with Crippen LogP contribution in [0, 0.1) is 5.41 Å². The van der Waals surface area contributed by atoms with Crippen LogP contribution < -0.4 is 5.32 Å². The van der Waals surface area contributed by atoms with Gasteiger partial charge in [-0.1, -0.05) is 20.8 Å². The van der Waals surface area contributed by atoms with Crippen molar-refractivity contribution in [1.82, 2.24) is 14.7 Å². The number of rotatable bonds is 4. The molecule has 128 valence electrons. The molecular formula is C16H26N4O2S. The average Bonchev–Trinajstić information content (AvgIpc) is 3.04. The van der Waals surface area contributed by atoms with Gasteiger partial charge in [0.05, 0.1) is 17.8 Å². The first kappa shape index (κ1) is 17.8. The number of hydrogen-bond donors (Lipinski definition) is 1. The van der Waals surface area contributed by atoms with E-state index in [4.69, 9.17) is 0 Å². The van der Waals surface area contributed by atoms with E-state index >= 15 is 0 Å². The molecule has 0 bridgehead atoms. The Morgan fingerprint density at radius 3 is 2.70 bits per heavy atom. The van der Waals surface area contributed by atoms with E-state index in [0.29, 0.717) is 23.7 Å². The molecule has 6 nitrogen and oxygen atoms in total. The molecule has 1 fully saturated rings. The Hall–Kier alpha value is -1.50. The molecule has 2 heterocycles. The van der Waals surface area contributed by atoms with Gasteiger partial charge in [0.15, 0.2) is 0 Å². The first-order chi connectivity index (χ1) is 10.7. The number of aromatic nitrogens is 2. The first-order valence-electron chi connectivity index (χ1n) is 7.89. The van der Waals surface area contributed by atoms with E-state index < -0.39 is 6.04 Å². The summed E-state index contributed by atoms with van der Waals surface area (Å²) in [4.78, 5) is 26.6. The minimum atomic E-state index is -0.405. The number of nitrogens with one attached hydrogen (secondary N) is 1. The SMILES string of the molecule is CC(C)n1cc(NC(=O)[C@@H]2CSCN2C(=O)CC(C)(C)C)cn1. The van der Waals surface area contributed by atoms with E-state index in [0.717, 1.165) is 0 Å². The lowest BCUT2D eigenvalue weighted by molar-refractivity contribution is -0.137. The molecule has 0 unspecified atom stereocenters. The highest BCUT2D eigenvalue weighted by Crippen LogP contribution is 2.27. The Kier molecular flexibility index (Phi) is 5.39. The largest absolute Gasteiger partial charge is 0.322 e. The molecule has 0 aliphatic carbocycles. The second kappa shape index (κ2) is 6.95. The molecule has 7 heteroatoms. The number of amides is 2. The van der Waals surface area contributed by atoms with Gasteiger partial charge in [-0.2, -0.15) is 5.10 Å². The highest BCUT2D eigenvalue weighted by atomic mass is 32.2. The summed E-state index contributed by atoms with van der Waals surface area (Å²) in [7, 11) is 0. The Bertz CT molecular complexity index is 577. The van der Waals surface area contributed by atoms with Crippen LogP contribution in [0.5, 0.6) is 0 Å². The third kappa shape index (κ3) is 4.73. The fourth-order valence-electron chi connectivity index (χ4n) is 2.37. The van der Waals surface area contributed by atoms with E-state index in [1.807, 2.05) is 40.8 Å². The van der Waals surface area contributed by atoms with Crippen molar-refractivity contribution in [3.05, 3.63) is 12.4 Å². The fraction of sp³-hybridized carbons (Fsp3) is 0.688. The van der Waals surface area contributed by atoms with Crippen molar-refractivity contribution in [1.29, 1.82) is 0 Å². The molecule has 1 saturated heterocycles. The topological polar surface area (TPSA) is 67.2 Å². The third-order valence-electron chi connectivity index (χ3n) is 3.58. The monoisotopic (exact) mass is 338 g/mol. The summed E-state index contributed by atoms with van der Waals surface area (Å²) in [5, 5.41) is 7.09. The van der Waals surface area contributed by atoms with Crippen LogP contribution in [0.2, 0.25) is 0 Å². The van der Waals surface area contributed by atoms with E-state index in [-0.39, 0.29) is 23.3 Å². The molecule has 2 amide bonds. The van der Waals surface area contributed by atoms with Crippen molar-refractivity contribution >= 4 is 29.3 Å². The van der Waals surface area contributed by atoms with Gasteiger partial charge in [-0.15, -0.1) is 11.8 Å². The number of thioether (sulfide) groups is 1. The first-order valence-corrected chi connectivity index (χ1v) is 9.05. The van der Waals surface area contributed by atoms with E-state index in [2.05, 4.69) is 10.4 Å². The molecule has 1 atom stereocenters. The van der Waals surface area contributed by atoms with Crippen LogP contribution in [0.1, 0.15) is 47.1 Å². The van der Waals surface area contributed by atoms with Crippen molar-refractivity contribution < 1.29 is 9.59 Å². The van der Waals surface area contributed by atoms with E-state index in [9.17, 15) is 9.59 Å². The van der Waals surface area contributed by atoms with Gasteiger partial charge in [-0.05, 0) is 19.3 Å². The number of carbonyl (C=O) groups is 2. The highest BCUT2D eigenvalue weighted by molar-refractivity contribution is 7.99. The van der Waals surface area contributed by atoms with Gasteiger partial charge >= 0.3 is 0 Å². The summed E-state index contributed by atoms with van der Waals surface area (Å²) in [6.45, 7) is 10.1. The normalized spacial score (nSPS) is 18.5. The van der Waals surface area contributed by atoms with Crippen LogP contribution in [-0.2, 0) is 9.59 Å². The molecule has 0 radical (unpaired) electrons. The Morgan fingerprint density at radius 2 is 2.13 bits per heavy atom. The van der Waals surface area contributed by atoms with Gasteiger partial charge in [0, 0.05) is 24.4 Å². The molecule has 23 heavy (non-hydrogen) atoms. The van der Waals surface area contributed by atoms with Gasteiger partial charge in [0.25, 0.3) is 0 Å². The van der Waals surface area contributed by atoms with Crippen molar-refractivity contribution in [3.8, 4) is 0 Å². The predicted octanol–water partition coefficient (Wildman–Crippen LogP) is 2.74. The zero-order valence-corrected chi connectivity index (χ0v) is 15.3. The number of hydrogen-bond acceptors (Lipinski definition) is 4. The number of anilines is 1. The second-order valence-corrected chi connectivity index (χ2v) is 8.41. The van der Waals surface area contributed by atoms with E-state index in [1.165, 1.54) is 0 Å². The lowest BCUT2D eigenvalue weighted by Gasteiger charge is -2.26. The summed E-state index contributed by atoms with van der Waals surface area (Å²) in [5.74, 6) is 1.12. The smallest absolute Gasteiger partial charge is 0.248 e. The Labute approximate surface area is 142 Å². The predicted molar refractivity (Wildman–Crippen MR) is 93.3 cm³/mol. The lowest BCUT2D eigenvalue weighted by Crippen LogP contribution is -2.45. The van der Waals surface area contributed by atoms with Gasteiger partial charge in [0.1, 0.15) is 6.04 Å². The zero-order chi connectivity index (χ0) is 17.2. The molecule has 1 aromatic heterocycles. The molecule has 1 N–H and O–H groups in total. The van der Waals surface area contributed by atoms with Crippen LogP contribution in [0.3, 0.4) is 0 Å². The zero-order valence-electron chi connectivity index (χ0n) is 14.5. The maximum atomic E-state index is 12.5. The molecule has 1 aliphatic rings. The average molecular weight is 338 g/mol.